The Morgan fingerprint density at radius 3 is 2.58 bits per heavy atom. The summed E-state index contributed by atoms with van der Waals surface area (Å²) in [4.78, 5) is 20.1. The smallest absolute Gasteiger partial charge is 0.387 e. The van der Waals surface area contributed by atoms with E-state index < -0.39 is 6.61 Å². The van der Waals surface area contributed by atoms with E-state index in [9.17, 15) is 13.6 Å². The predicted octanol–water partition coefficient (Wildman–Crippen LogP) is 5.01. The van der Waals surface area contributed by atoms with E-state index in [1.165, 1.54) is 19.1 Å². The maximum atomic E-state index is 12.4. The summed E-state index contributed by atoms with van der Waals surface area (Å²) in [6.45, 7) is 0.502. The highest BCUT2D eigenvalue weighted by molar-refractivity contribution is 5.90. The number of amides is 1. The SMILES string of the molecule is CC(=O)Nc1ccc(Nc2nccn3c(-c4ccc(OC(F)F)cc4)cnc23)cc1C. The third-order valence-electron chi connectivity index (χ3n) is 4.60. The number of nitrogens with zero attached hydrogens (tertiary/aromatic N) is 3. The molecule has 158 valence electrons. The van der Waals surface area contributed by atoms with Crippen molar-refractivity contribution in [1.82, 2.24) is 14.4 Å². The maximum absolute atomic E-state index is 12.4. The third-order valence-corrected chi connectivity index (χ3v) is 4.60. The van der Waals surface area contributed by atoms with E-state index in [4.69, 9.17) is 0 Å². The molecule has 0 radical (unpaired) electrons. The average molecular weight is 423 g/mol. The van der Waals surface area contributed by atoms with Gasteiger partial charge in [-0.3, -0.25) is 9.20 Å². The molecule has 2 aromatic carbocycles. The Morgan fingerprint density at radius 1 is 1.13 bits per heavy atom. The summed E-state index contributed by atoms with van der Waals surface area (Å²) in [7, 11) is 0. The van der Waals surface area contributed by atoms with Crippen molar-refractivity contribution in [2.75, 3.05) is 10.6 Å². The van der Waals surface area contributed by atoms with Crippen LogP contribution in [0.5, 0.6) is 5.75 Å². The zero-order chi connectivity index (χ0) is 22.0. The summed E-state index contributed by atoms with van der Waals surface area (Å²) in [5, 5.41) is 6.03. The number of hydrogen-bond acceptors (Lipinski definition) is 5. The van der Waals surface area contributed by atoms with Crippen LogP contribution in [0.3, 0.4) is 0 Å². The van der Waals surface area contributed by atoms with Crippen LogP contribution >= 0.6 is 0 Å². The lowest BCUT2D eigenvalue weighted by atomic mass is 10.1. The molecule has 7 nitrogen and oxygen atoms in total. The number of rotatable bonds is 6. The number of halogens is 2. The van der Waals surface area contributed by atoms with Gasteiger partial charge < -0.3 is 15.4 Å². The van der Waals surface area contributed by atoms with Gasteiger partial charge in [0.15, 0.2) is 11.5 Å². The van der Waals surface area contributed by atoms with E-state index >= 15 is 0 Å². The molecule has 0 atom stereocenters. The van der Waals surface area contributed by atoms with Crippen LogP contribution in [0.4, 0.5) is 26.0 Å². The molecule has 0 saturated carbocycles. The first-order valence-corrected chi connectivity index (χ1v) is 9.43. The van der Waals surface area contributed by atoms with E-state index in [1.807, 2.05) is 29.5 Å². The van der Waals surface area contributed by atoms with Gasteiger partial charge in [-0.15, -0.1) is 0 Å². The van der Waals surface area contributed by atoms with Crippen LogP contribution in [-0.2, 0) is 4.79 Å². The summed E-state index contributed by atoms with van der Waals surface area (Å²) >= 11 is 0. The maximum Gasteiger partial charge on any atom is 0.387 e. The van der Waals surface area contributed by atoms with Crippen molar-refractivity contribution < 1.29 is 18.3 Å². The Labute approximate surface area is 176 Å². The highest BCUT2D eigenvalue weighted by atomic mass is 19.3. The van der Waals surface area contributed by atoms with Gasteiger partial charge in [-0.2, -0.15) is 8.78 Å². The highest BCUT2D eigenvalue weighted by Crippen LogP contribution is 2.28. The van der Waals surface area contributed by atoms with Gasteiger partial charge in [0.2, 0.25) is 5.91 Å². The monoisotopic (exact) mass is 423 g/mol. The second-order valence-corrected chi connectivity index (χ2v) is 6.85. The molecule has 0 aliphatic rings. The number of carbonyl (C=O) groups is 1. The first-order valence-electron chi connectivity index (χ1n) is 9.43. The van der Waals surface area contributed by atoms with Gasteiger partial charge in [0.05, 0.1) is 11.9 Å². The number of anilines is 3. The largest absolute Gasteiger partial charge is 0.435 e. The average Bonchev–Trinajstić information content (AvgIpc) is 3.15. The van der Waals surface area contributed by atoms with Crippen molar-refractivity contribution in [3.63, 3.8) is 0 Å². The number of benzene rings is 2. The molecule has 2 aromatic heterocycles. The minimum Gasteiger partial charge on any atom is -0.435 e. The van der Waals surface area contributed by atoms with Crippen molar-refractivity contribution in [3.05, 3.63) is 66.6 Å². The van der Waals surface area contributed by atoms with Gasteiger partial charge in [0.1, 0.15) is 5.75 Å². The molecule has 2 N–H and O–H groups in total. The molecule has 0 aliphatic heterocycles. The van der Waals surface area contributed by atoms with Crippen LogP contribution in [0.1, 0.15) is 12.5 Å². The Bertz CT molecular complexity index is 1240. The molecule has 0 saturated heterocycles. The molecule has 0 aliphatic carbocycles. The number of nitrogens with one attached hydrogen (secondary N) is 2. The Hall–Kier alpha value is -4.01. The van der Waals surface area contributed by atoms with Gasteiger partial charge in [0.25, 0.3) is 0 Å². The molecule has 4 aromatic rings. The van der Waals surface area contributed by atoms with Crippen molar-refractivity contribution in [1.29, 1.82) is 0 Å². The van der Waals surface area contributed by atoms with E-state index in [1.54, 1.807) is 30.7 Å². The molecule has 0 bridgehead atoms. The van der Waals surface area contributed by atoms with Crippen molar-refractivity contribution in [2.24, 2.45) is 0 Å². The fraction of sp³-hybridized carbons (Fsp3) is 0.136. The quantitative estimate of drug-likeness (QED) is 0.456. The molecule has 0 fully saturated rings. The molecule has 9 heteroatoms. The lowest BCUT2D eigenvalue weighted by Gasteiger charge is -2.11. The topological polar surface area (TPSA) is 80.6 Å². The zero-order valence-corrected chi connectivity index (χ0v) is 16.8. The second kappa shape index (κ2) is 8.39. The summed E-state index contributed by atoms with van der Waals surface area (Å²) < 4.78 is 31.0. The molecule has 31 heavy (non-hydrogen) atoms. The Kier molecular flexibility index (Phi) is 5.48. The minimum atomic E-state index is -2.86. The standard InChI is InChI=1S/C22H19F2N5O2/c1-13-11-16(5-8-18(13)27-14(2)30)28-20-21-26-12-19(29(21)10-9-25-20)15-3-6-17(7-4-15)31-22(23)24/h3-12,22H,1-2H3,(H,25,28)(H,27,30). The summed E-state index contributed by atoms with van der Waals surface area (Å²) in [5.74, 6) is 0.515. The number of aromatic nitrogens is 3. The first-order chi connectivity index (χ1) is 14.9. The number of carbonyl (C=O) groups excluding carboxylic acids is 1. The predicted molar refractivity (Wildman–Crippen MR) is 114 cm³/mol. The molecular weight excluding hydrogens is 404 g/mol. The molecule has 0 spiro atoms. The van der Waals surface area contributed by atoms with Gasteiger partial charge in [-0.25, -0.2) is 9.97 Å². The van der Waals surface area contributed by atoms with Crippen LogP contribution in [0.15, 0.2) is 61.1 Å². The van der Waals surface area contributed by atoms with Gasteiger partial charge in [0, 0.05) is 36.3 Å². The summed E-state index contributed by atoms with van der Waals surface area (Å²) in [5.41, 5.74) is 4.62. The third kappa shape index (κ3) is 4.45. The lowest BCUT2D eigenvalue weighted by Crippen LogP contribution is -2.07. The van der Waals surface area contributed by atoms with Crippen LogP contribution < -0.4 is 15.4 Å². The molecule has 1 amide bonds. The number of alkyl halides is 2. The van der Waals surface area contributed by atoms with Crippen molar-refractivity contribution in [2.45, 2.75) is 20.5 Å². The highest BCUT2D eigenvalue weighted by Gasteiger charge is 2.12. The van der Waals surface area contributed by atoms with Crippen LogP contribution in [0, 0.1) is 6.92 Å². The number of aryl methyl sites for hydroxylation is 1. The van der Waals surface area contributed by atoms with Crippen molar-refractivity contribution in [3.8, 4) is 17.0 Å². The molecule has 0 unspecified atom stereocenters. The van der Waals surface area contributed by atoms with Crippen molar-refractivity contribution >= 4 is 28.7 Å². The minimum absolute atomic E-state index is 0.0923. The second-order valence-electron chi connectivity index (χ2n) is 6.85. The van der Waals surface area contributed by atoms with E-state index in [2.05, 4.69) is 25.3 Å². The Morgan fingerprint density at radius 2 is 1.90 bits per heavy atom. The number of fused-ring (bicyclic) bond motifs is 1. The van der Waals surface area contributed by atoms with Gasteiger partial charge in [-0.05, 0) is 55.0 Å². The van der Waals surface area contributed by atoms with Crippen LogP contribution in [0.25, 0.3) is 16.9 Å². The molecular formula is C22H19F2N5O2. The Balaban J connectivity index is 1.62. The summed E-state index contributed by atoms with van der Waals surface area (Å²) in [6.07, 6.45) is 5.11. The fourth-order valence-corrected chi connectivity index (χ4v) is 3.24. The first kappa shape index (κ1) is 20.3. The van der Waals surface area contributed by atoms with Gasteiger partial charge in [-0.1, -0.05) is 0 Å². The number of imidazole rings is 1. The van der Waals surface area contributed by atoms with E-state index in [0.717, 1.165) is 28.2 Å². The molecule has 2 heterocycles. The zero-order valence-electron chi connectivity index (χ0n) is 16.8. The lowest BCUT2D eigenvalue weighted by molar-refractivity contribution is -0.114. The summed E-state index contributed by atoms with van der Waals surface area (Å²) in [6, 6.07) is 11.9. The van der Waals surface area contributed by atoms with E-state index in [-0.39, 0.29) is 11.7 Å². The number of hydrogen-bond donors (Lipinski definition) is 2. The number of ether oxygens (including phenoxy) is 1. The normalized spacial score (nSPS) is 11.0. The van der Waals surface area contributed by atoms with Crippen LogP contribution in [0.2, 0.25) is 0 Å². The van der Waals surface area contributed by atoms with Gasteiger partial charge >= 0.3 is 6.61 Å². The molecule has 4 rings (SSSR count). The fourth-order valence-electron chi connectivity index (χ4n) is 3.24. The van der Waals surface area contributed by atoms with Crippen LogP contribution in [-0.4, -0.2) is 26.9 Å². The van der Waals surface area contributed by atoms with E-state index in [0.29, 0.717) is 11.5 Å².